The molecule has 2 unspecified atom stereocenters. The molecule has 2 N–H and O–H groups in total. The number of carboxylic acids is 1. The van der Waals surface area contributed by atoms with Crippen LogP contribution in [0.5, 0.6) is 0 Å². The van der Waals surface area contributed by atoms with Crippen LogP contribution in [0.4, 0.5) is 0 Å². The van der Waals surface area contributed by atoms with Crippen LogP contribution in [0.15, 0.2) is 34.7 Å². The van der Waals surface area contributed by atoms with Crippen molar-refractivity contribution in [2.24, 2.45) is 0 Å². The third kappa shape index (κ3) is 1.64. The zero-order chi connectivity index (χ0) is 12.7. The lowest BCUT2D eigenvalue weighted by Crippen LogP contribution is -2.35. The fourth-order valence-electron chi connectivity index (χ4n) is 2.33. The molecule has 2 aromatic rings. The van der Waals surface area contributed by atoms with Gasteiger partial charge < -0.3 is 14.8 Å². The number of amides is 1. The van der Waals surface area contributed by atoms with Crippen LogP contribution in [0.3, 0.4) is 0 Å². The van der Waals surface area contributed by atoms with Gasteiger partial charge in [-0.3, -0.25) is 4.79 Å². The summed E-state index contributed by atoms with van der Waals surface area (Å²) in [5, 5.41) is 12.4. The molecule has 1 amide bonds. The molecule has 18 heavy (non-hydrogen) atoms. The Balaban J connectivity index is 2.02. The Hall–Kier alpha value is -2.30. The van der Waals surface area contributed by atoms with Crippen molar-refractivity contribution in [1.29, 1.82) is 0 Å². The van der Waals surface area contributed by atoms with Crippen LogP contribution in [-0.4, -0.2) is 23.0 Å². The Morgan fingerprint density at radius 2 is 2.17 bits per heavy atom. The second-order valence-electron chi connectivity index (χ2n) is 4.38. The van der Waals surface area contributed by atoms with Crippen LogP contribution >= 0.6 is 0 Å². The van der Waals surface area contributed by atoms with Gasteiger partial charge in [-0.2, -0.15) is 0 Å². The van der Waals surface area contributed by atoms with E-state index < -0.39 is 17.9 Å². The summed E-state index contributed by atoms with van der Waals surface area (Å²) in [7, 11) is 0. The Morgan fingerprint density at radius 1 is 1.39 bits per heavy atom. The zero-order valence-corrected chi connectivity index (χ0v) is 9.42. The van der Waals surface area contributed by atoms with Crippen LogP contribution < -0.4 is 5.32 Å². The van der Waals surface area contributed by atoms with E-state index >= 15 is 0 Å². The molecular weight excluding hydrogens is 234 g/mol. The van der Waals surface area contributed by atoms with E-state index in [1.165, 1.54) is 0 Å². The van der Waals surface area contributed by atoms with Crippen LogP contribution in [0, 0.1) is 0 Å². The molecule has 3 rings (SSSR count). The molecule has 5 heteroatoms. The third-order valence-electron chi connectivity index (χ3n) is 3.20. The molecule has 0 aliphatic carbocycles. The van der Waals surface area contributed by atoms with E-state index in [2.05, 4.69) is 5.32 Å². The number of hydrogen-bond acceptors (Lipinski definition) is 3. The molecule has 0 radical (unpaired) electrons. The van der Waals surface area contributed by atoms with Crippen molar-refractivity contribution in [2.45, 2.75) is 18.4 Å². The Morgan fingerprint density at radius 3 is 2.89 bits per heavy atom. The number of fused-ring (bicyclic) bond motifs is 1. The highest BCUT2D eigenvalue weighted by Crippen LogP contribution is 2.32. The number of nitrogens with one attached hydrogen (secondary N) is 1. The first-order valence-electron chi connectivity index (χ1n) is 5.66. The van der Waals surface area contributed by atoms with Crippen LogP contribution in [0.1, 0.15) is 18.1 Å². The summed E-state index contributed by atoms with van der Waals surface area (Å²) in [5.41, 5.74) is 0.705. The molecule has 2 atom stereocenters. The number of carbonyl (C=O) groups excluding carboxylic acids is 1. The number of rotatable bonds is 2. The number of furan rings is 1. The van der Waals surface area contributed by atoms with E-state index in [0.717, 1.165) is 5.39 Å². The van der Waals surface area contributed by atoms with Crippen LogP contribution in [0.25, 0.3) is 11.0 Å². The van der Waals surface area contributed by atoms with Crippen LogP contribution in [0.2, 0.25) is 0 Å². The molecule has 0 bridgehead atoms. The fraction of sp³-hybridized carbons (Fsp3) is 0.231. The average Bonchev–Trinajstić information content (AvgIpc) is 2.91. The van der Waals surface area contributed by atoms with Gasteiger partial charge in [0.15, 0.2) is 0 Å². The van der Waals surface area contributed by atoms with Gasteiger partial charge in [-0.1, -0.05) is 18.2 Å². The standard InChI is InChI=1S/C13H11NO4/c15-11-6-8(12(14-11)13(16)17)10-5-7-3-1-2-4-9(7)18-10/h1-5,8,12H,6H2,(H,14,15)(H,16,17). The number of carbonyl (C=O) groups is 2. The van der Waals surface area contributed by atoms with Gasteiger partial charge >= 0.3 is 5.97 Å². The van der Waals surface area contributed by atoms with E-state index in [0.29, 0.717) is 11.3 Å². The quantitative estimate of drug-likeness (QED) is 0.840. The van der Waals surface area contributed by atoms with Gasteiger partial charge in [0, 0.05) is 11.8 Å². The summed E-state index contributed by atoms with van der Waals surface area (Å²) < 4.78 is 5.63. The lowest BCUT2D eigenvalue weighted by atomic mass is 9.97. The highest BCUT2D eigenvalue weighted by atomic mass is 16.4. The van der Waals surface area contributed by atoms with Gasteiger partial charge in [0.25, 0.3) is 0 Å². The van der Waals surface area contributed by atoms with Crippen molar-refractivity contribution in [2.75, 3.05) is 0 Å². The van der Waals surface area contributed by atoms with E-state index in [9.17, 15) is 9.59 Å². The molecule has 1 aromatic carbocycles. The van der Waals surface area contributed by atoms with Gasteiger partial charge in [0.05, 0.1) is 5.92 Å². The molecule has 1 aliphatic heterocycles. The Kier molecular flexibility index (Phi) is 2.33. The fourth-order valence-corrected chi connectivity index (χ4v) is 2.33. The summed E-state index contributed by atoms with van der Waals surface area (Å²) >= 11 is 0. The molecule has 0 saturated carbocycles. The molecular formula is C13H11NO4. The maximum Gasteiger partial charge on any atom is 0.326 e. The molecule has 1 saturated heterocycles. The summed E-state index contributed by atoms with van der Waals surface area (Å²) in [6.07, 6.45) is 0.150. The molecule has 1 aromatic heterocycles. The SMILES string of the molecule is O=C1CC(c2cc3ccccc3o2)C(C(=O)O)N1. The number of para-hydroxylation sites is 1. The van der Waals surface area contributed by atoms with Crippen LogP contribution in [-0.2, 0) is 9.59 Å². The van der Waals surface area contributed by atoms with Crippen molar-refractivity contribution < 1.29 is 19.1 Å². The molecule has 1 fully saturated rings. The lowest BCUT2D eigenvalue weighted by molar-refractivity contribution is -0.140. The molecule has 5 nitrogen and oxygen atoms in total. The van der Waals surface area contributed by atoms with E-state index in [4.69, 9.17) is 9.52 Å². The Bertz CT molecular complexity index is 598. The molecule has 1 aliphatic rings. The summed E-state index contributed by atoms with van der Waals surface area (Å²) in [6, 6.07) is 8.34. The second kappa shape index (κ2) is 3.87. The molecule has 92 valence electrons. The van der Waals surface area contributed by atoms with E-state index in [1.54, 1.807) is 6.07 Å². The van der Waals surface area contributed by atoms with Crippen molar-refractivity contribution in [3.05, 3.63) is 36.1 Å². The largest absolute Gasteiger partial charge is 0.480 e. The minimum Gasteiger partial charge on any atom is -0.480 e. The second-order valence-corrected chi connectivity index (χ2v) is 4.38. The van der Waals surface area contributed by atoms with Crippen molar-refractivity contribution in [3.8, 4) is 0 Å². The number of benzene rings is 1. The summed E-state index contributed by atoms with van der Waals surface area (Å²) in [5.74, 6) is -1.19. The molecule has 2 heterocycles. The van der Waals surface area contributed by atoms with E-state index in [-0.39, 0.29) is 12.3 Å². The van der Waals surface area contributed by atoms with Crippen molar-refractivity contribution in [3.63, 3.8) is 0 Å². The maximum absolute atomic E-state index is 11.3. The normalized spacial score (nSPS) is 23.2. The van der Waals surface area contributed by atoms with Crippen molar-refractivity contribution in [1.82, 2.24) is 5.32 Å². The third-order valence-corrected chi connectivity index (χ3v) is 3.20. The minimum absolute atomic E-state index is 0.150. The van der Waals surface area contributed by atoms with E-state index in [1.807, 2.05) is 24.3 Å². The summed E-state index contributed by atoms with van der Waals surface area (Å²) in [6.45, 7) is 0. The number of aliphatic carboxylic acids is 1. The van der Waals surface area contributed by atoms with Gasteiger partial charge in [0.2, 0.25) is 5.91 Å². The minimum atomic E-state index is -1.04. The van der Waals surface area contributed by atoms with Gasteiger partial charge in [-0.05, 0) is 12.1 Å². The predicted octanol–water partition coefficient (Wildman–Crippen LogP) is 1.49. The summed E-state index contributed by atoms with van der Waals surface area (Å²) in [4.78, 5) is 22.4. The highest BCUT2D eigenvalue weighted by molar-refractivity contribution is 5.89. The van der Waals surface area contributed by atoms with Gasteiger partial charge in [-0.25, -0.2) is 4.79 Å². The smallest absolute Gasteiger partial charge is 0.326 e. The first kappa shape index (κ1) is 10.8. The predicted molar refractivity (Wildman–Crippen MR) is 63.1 cm³/mol. The first-order valence-corrected chi connectivity index (χ1v) is 5.66. The zero-order valence-electron chi connectivity index (χ0n) is 9.42. The maximum atomic E-state index is 11.3. The van der Waals surface area contributed by atoms with Gasteiger partial charge in [-0.15, -0.1) is 0 Å². The monoisotopic (exact) mass is 245 g/mol. The lowest BCUT2D eigenvalue weighted by Gasteiger charge is -2.11. The topological polar surface area (TPSA) is 79.5 Å². The Labute approximate surface area is 102 Å². The molecule has 0 spiro atoms. The first-order chi connectivity index (χ1) is 8.65. The number of carboxylic acid groups (broad SMARTS) is 1. The number of hydrogen-bond donors (Lipinski definition) is 2. The van der Waals surface area contributed by atoms with Crippen molar-refractivity contribution >= 4 is 22.8 Å². The van der Waals surface area contributed by atoms with Gasteiger partial charge in [0.1, 0.15) is 17.4 Å². The average molecular weight is 245 g/mol. The highest BCUT2D eigenvalue weighted by Gasteiger charge is 2.40.